The van der Waals surface area contributed by atoms with Crippen molar-refractivity contribution in [2.45, 2.75) is 46.7 Å². The average molecular weight is 403 g/mol. The van der Waals surface area contributed by atoms with Crippen LogP contribution in [-0.4, -0.2) is 34.7 Å². The van der Waals surface area contributed by atoms with E-state index in [0.717, 1.165) is 46.6 Å². The highest BCUT2D eigenvalue weighted by atomic mass is 16.1. The molecule has 1 N–H and O–H groups in total. The van der Waals surface area contributed by atoms with Crippen LogP contribution in [0.1, 0.15) is 37.2 Å². The maximum atomic E-state index is 12.9. The molecule has 0 fully saturated rings. The second-order valence-corrected chi connectivity index (χ2v) is 7.24. The monoisotopic (exact) mass is 403 g/mol. The summed E-state index contributed by atoms with van der Waals surface area (Å²) in [6.07, 6.45) is 3.72. The maximum absolute atomic E-state index is 12.9. The van der Waals surface area contributed by atoms with E-state index in [1.807, 2.05) is 65.6 Å². The molecule has 30 heavy (non-hydrogen) atoms. The van der Waals surface area contributed by atoms with Gasteiger partial charge in [-0.25, -0.2) is 9.89 Å². The molecule has 0 saturated carbocycles. The van der Waals surface area contributed by atoms with Gasteiger partial charge in [0, 0.05) is 35.3 Å². The normalized spacial score (nSPS) is 11.2. The summed E-state index contributed by atoms with van der Waals surface area (Å²) < 4.78 is 3.72. The summed E-state index contributed by atoms with van der Waals surface area (Å²) in [5, 5.41) is 14.2. The minimum absolute atomic E-state index is 0.0469. The molecular formula is C22H25N7O. The zero-order valence-corrected chi connectivity index (χ0v) is 17.5. The molecule has 3 heterocycles. The molecule has 0 radical (unpaired) electrons. The lowest BCUT2D eigenvalue weighted by molar-refractivity contribution is 0.649. The third-order valence-electron chi connectivity index (χ3n) is 5.38. The van der Waals surface area contributed by atoms with Crippen molar-refractivity contribution in [2.24, 2.45) is 0 Å². The van der Waals surface area contributed by atoms with Gasteiger partial charge in [0.05, 0.1) is 12.2 Å². The van der Waals surface area contributed by atoms with Crippen molar-refractivity contribution in [1.82, 2.24) is 34.7 Å². The van der Waals surface area contributed by atoms with Crippen LogP contribution >= 0.6 is 0 Å². The molecule has 0 amide bonds. The molecule has 0 aliphatic carbocycles. The Balaban J connectivity index is 1.66. The molecule has 3 aromatic heterocycles. The second kappa shape index (κ2) is 8.44. The molecular weight excluding hydrogens is 378 g/mol. The van der Waals surface area contributed by atoms with Crippen LogP contribution in [0.2, 0.25) is 0 Å². The van der Waals surface area contributed by atoms with Gasteiger partial charge in [0.2, 0.25) is 0 Å². The topological polar surface area (TPSA) is 94.3 Å². The number of nitrogens with zero attached hydrogens (tertiary/aromatic N) is 6. The van der Waals surface area contributed by atoms with E-state index < -0.39 is 0 Å². The van der Waals surface area contributed by atoms with Gasteiger partial charge in [-0.15, -0.1) is 5.10 Å². The zero-order valence-electron chi connectivity index (χ0n) is 17.5. The van der Waals surface area contributed by atoms with Crippen molar-refractivity contribution in [3.05, 3.63) is 70.0 Å². The molecule has 0 atom stereocenters. The summed E-state index contributed by atoms with van der Waals surface area (Å²) in [6, 6.07) is 11.9. The van der Waals surface area contributed by atoms with Gasteiger partial charge < -0.3 is 0 Å². The number of hydrogen-bond acceptors (Lipinski definition) is 5. The highest BCUT2D eigenvalue weighted by Gasteiger charge is 2.16. The van der Waals surface area contributed by atoms with E-state index in [9.17, 15) is 4.79 Å². The Morgan fingerprint density at radius 2 is 1.83 bits per heavy atom. The lowest BCUT2D eigenvalue weighted by Crippen LogP contribution is -2.25. The predicted octanol–water partition coefficient (Wildman–Crippen LogP) is 3.22. The van der Waals surface area contributed by atoms with Crippen LogP contribution in [0.5, 0.6) is 0 Å². The maximum Gasteiger partial charge on any atom is 0.328 e. The van der Waals surface area contributed by atoms with Crippen molar-refractivity contribution < 1.29 is 0 Å². The van der Waals surface area contributed by atoms with Crippen molar-refractivity contribution in [3.8, 4) is 22.6 Å². The molecule has 8 heteroatoms. The van der Waals surface area contributed by atoms with E-state index in [2.05, 4.69) is 32.5 Å². The standard InChI is InChI=1S/C22H25N7O/c1-4-8-20-15(3)28(5-2)22(30)29(20)14-16-11-12-19(23-13-16)17-9-6-7-10-18(17)21-24-26-27-25-21/h6-7,9-13H,4-5,8,14H2,1-3H3,(H,24,25,26,27). The number of pyridine rings is 1. The van der Waals surface area contributed by atoms with Crippen LogP contribution in [0.3, 0.4) is 0 Å². The van der Waals surface area contributed by atoms with E-state index >= 15 is 0 Å². The third-order valence-corrected chi connectivity index (χ3v) is 5.38. The number of benzene rings is 1. The first-order valence-corrected chi connectivity index (χ1v) is 10.2. The fraction of sp³-hybridized carbons (Fsp3) is 0.318. The Hall–Kier alpha value is -3.55. The molecule has 0 aliphatic heterocycles. The number of tetrazole rings is 1. The summed E-state index contributed by atoms with van der Waals surface area (Å²) in [5.41, 5.74) is 5.87. The van der Waals surface area contributed by atoms with Crippen LogP contribution in [0, 0.1) is 6.92 Å². The van der Waals surface area contributed by atoms with Gasteiger partial charge >= 0.3 is 5.69 Å². The molecule has 0 saturated heterocycles. The highest BCUT2D eigenvalue weighted by molar-refractivity contribution is 5.78. The second-order valence-electron chi connectivity index (χ2n) is 7.24. The minimum Gasteiger partial charge on any atom is -0.297 e. The Bertz CT molecular complexity index is 1190. The van der Waals surface area contributed by atoms with Crippen LogP contribution < -0.4 is 5.69 Å². The summed E-state index contributed by atoms with van der Waals surface area (Å²) in [4.78, 5) is 17.5. The van der Waals surface area contributed by atoms with Crippen LogP contribution in [0.4, 0.5) is 0 Å². The number of aromatic nitrogens is 7. The molecule has 4 aromatic rings. The molecule has 0 aliphatic rings. The zero-order chi connectivity index (χ0) is 21.1. The summed E-state index contributed by atoms with van der Waals surface area (Å²) in [6.45, 7) is 7.37. The van der Waals surface area contributed by atoms with Crippen molar-refractivity contribution in [2.75, 3.05) is 0 Å². The highest BCUT2D eigenvalue weighted by Crippen LogP contribution is 2.28. The van der Waals surface area contributed by atoms with Crippen molar-refractivity contribution in [3.63, 3.8) is 0 Å². The van der Waals surface area contributed by atoms with E-state index in [1.54, 1.807) is 0 Å². The van der Waals surface area contributed by atoms with Crippen molar-refractivity contribution in [1.29, 1.82) is 0 Å². The first-order valence-electron chi connectivity index (χ1n) is 10.2. The summed E-state index contributed by atoms with van der Waals surface area (Å²) in [5.74, 6) is 0.601. The SMILES string of the molecule is CCCc1c(C)n(CC)c(=O)n1Cc1ccc(-c2ccccc2-c2nnn[nH]2)nc1. The fourth-order valence-electron chi connectivity index (χ4n) is 3.89. The van der Waals surface area contributed by atoms with Gasteiger partial charge in [-0.05, 0) is 42.3 Å². The Kier molecular flexibility index (Phi) is 5.56. The average Bonchev–Trinajstić information content (AvgIpc) is 3.38. The number of H-pyrrole nitrogens is 1. The smallest absolute Gasteiger partial charge is 0.297 e. The Morgan fingerprint density at radius 3 is 2.47 bits per heavy atom. The molecule has 4 rings (SSSR count). The molecule has 0 unspecified atom stereocenters. The van der Waals surface area contributed by atoms with Crippen LogP contribution in [-0.2, 0) is 19.5 Å². The molecule has 154 valence electrons. The van der Waals surface area contributed by atoms with Gasteiger partial charge in [-0.3, -0.25) is 14.1 Å². The van der Waals surface area contributed by atoms with Gasteiger partial charge in [0.25, 0.3) is 0 Å². The van der Waals surface area contributed by atoms with Gasteiger partial charge in [0.15, 0.2) is 5.82 Å². The fourth-order valence-corrected chi connectivity index (χ4v) is 3.89. The van der Waals surface area contributed by atoms with E-state index in [-0.39, 0.29) is 5.69 Å². The quantitative estimate of drug-likeness (QED) is 0.511. The molecule has 1 aromatic carbocycles. The van der Waals surface area contributed by atoms with Gasteiger partial charge in [-0.1, -0.05) is 43.7 Å². The number of rotatable bonds is 7. The molecule has 0 bridgehead atoms. The molecule has 8 nitrogen and oxygen atoms in total. The lowest BCUT2D eigenvalue weighted by atomic mass is 10.0. The third kappa shape index (κ3) is 3.56. The van der Waals surface area contributed by atoms with Gasteiger partial charge in [0.1, 0.15) is 0 Å². The first-order chi connectivity index (χ1) is 14.6. The first kappa shape index (κ1) is 19.8. The van der Waals surface area contributed by atoms with E-state index in [1.165, 1.54) is 0 Å². The van der Waals surface area contributed by atoms with Crippen LogP contribution in [0.25, 0.3) is 22.6 Å². The number of aromatic amines is 1. The van der Waals surface area contributed by atoms with E-state index in [0.29, 0.717) is 18.9 Å². The summed E-state index contributed by atoms with van der Waals surface area (Å²) in [7, 11) is 0. The number of hydrogen-bond donors (Lipinski definition) is 1. The summed E-state index contributed by atoms with van der Waals surface area (Å²) >= 11 is 0. The Morgan fingerprint density at radius 1 is 1.03 bits per heavy atom. The molecule has 0 spiro atoms. The number of nitrogens with one attached hydrogen (secondary N) is 1. The minimum atomic E-state index is 0.0469. The van der Waals surface area contributed by atoms with Crippen LogP contribution in [0.15, 0.2) is 47.4 Å². The predicted molar refractivity (Wildman–Crippen MR) is 115 cm³/mol. The largest absolute Gasteiger partial charge is 0.328 e. The van der Waals surface area contributed by atoms with E-state index in [4.69, 9.17) is 0 Å². The lowest BCUT2D eigenvalue weighted by Gasteiger charge is -2.09. The van der Waals surface area contributed by atoms with Gasteiger partial charge in [-0.2, -0.15) is 0 Å². The number of imidazole rings is 1. The van der Waals surface area contributed by atoms with Crippen molar-refractivity contribution >= 4 is 0 Å². The Labute approximate surface area is 174 Å².